The van der Waals surface area contributed by atoms with Crippen molar-refractivity contribution in [2.45, 2.75) is 114 Å². The summed E-state index contributed by atoms with van der Waals surface area (Å²) in [5.74, 6) is 0.830. The average molecular weight is 866 g/mol. The van der Waals surface area contributed by atoms with Crippen molar-refractivity contribution in [1.82, 2.24) is 9.97 Å². The predicted molar refractivity (Wildman–Crippen MR) is 209 cm³/mol. The van der Waals surface area contributed by atoms with Gasteiger partial charge in [-0.2, -0.15) is 0 Å². The fourth-order valence-electron chi connectivity index (χ4n) is 6.28. The average Bonchev–Trinajstić information content (AvgIpc) is 3.52. The summed E-state index contributed by atoms with van der Waals surface area (Å²) < 4.78 is 5.88. The molecule has 0 aliphatic heterocycles. The molecular formula is C45H57IrN2O3-. The molecule has 0 amide bonds. The zero-order valence-electron chi connectivity index (χ0n) is 32.5. The Balaban J connectivity index is 0.000000335. The van der Waals surface area contributed by atoms with Crippen LogP contribution in [0, 0.1) is 22.8 Å². The quantitative estimate of drug-likeness (QED) is 0.0813. The number of rotatable bonds is 11. The van der Waals surface area contributed by atoms with Crippen molar-refractivity contribution in [3.63, 3.8) is 0 Å². The van der Waals surface area contributed by atoms with E-state index >= 15 is 0 Å². The maximum absolute atomic E-state index is 12.2. The topological polar surface area (TPSA) is 76.2 Å². The van der Waals surface area contributed by atoms with E-state index in [2.05, 4.69) is 93.1 Å². The van der Waals surface area contributed by atoms with Gasteiger partial charge >= 0.3 is 0 Å². The molecule has 51 heavy (non-hydrogen) atoms. The van der Waals surface area contributed by atoms with Gasteiger partial charge in [-0.05, 0) is 61.1 Å². The van der Waals surface area contributed by atoms with Gasteiger partial charge in [0.15, 0.2) is 5.78 Å². The van der Waals surface area contributed by atoms with Crippen molar-refractivity contribution in [3.8, 4) is 22.5 Å². The molecule has 0 saturated carbocycles. The van der Waals surface area contributed by atoms with Gasteiger partial charge in [0.05, 0.1) is 12.0 Å². The van der Waals surface area contributed by atoms with Crippen LogP contribution in [0.2, 0.25) is 0 Å². The van der Waals surface area contributed by atoms with E-state index in [0.717, 1.165) is 71.0 Å². The number of aliphatic hydroxyl groups is 1. The third-order valence-electron chi connectivity index (χ3n) is 10.7. The molecule has 275 valence electrons. The molecule has 0 fully saturated rings. The van der Waals surface area contributed by atoms with Crippen LogP contribution >= 0.6 is 0 Å². The molecule has 2 heterocycles. The first kappa shape index (κ1) is 41.8. The molecule has 0 spiro atoms. The number of fused-ring (bicyclic) bond motifs is 2. The van der Waals surface area contributed by atoms with Crippen LogP contribution in [-0.4, -0.2) is 20.9 Å². The largest absolute Gasteiger partial charge is 0.512 e. The summed E-state index contributed by atoms with van der Waals surface area (Å²) in [6, 6.07) is 22.5. The molecule has 6 heteroatoms. The van der Waals surface area contributed by atoms with Crippen molar-refractivity contribution in [2.75, 3.05) is 0 Å². The summed E-state index contributed by atoms with van der Waals surface area (Å²) in [6.07, 6.45) is 9.27. The Bertz CT molecular complexity index is 1960. The number of ketones is 1. The van der Waals surface area contributed by atoms with E-state index in [9.17, 15) is 9.90 Å². The summed E-state index contributed by atoms with van der Waals surface area (Å²) in [6.45, 7) is 23.3. The van der Waals surface area contributed by atoms with Crippen molar-refractivity contribution < 1.29 is 34.4 Å². The second-order valence-corrected chi connectivity index (χ2v) is 15.6. The van der Waals surface area contributed by atoms with Crippen LogP contribution in [0.25, 0.3) is 44.3 Å². The number of aromatic nitrogens is 2. The first-order chi connectivity index (χ1) is 23.6. The number of aliphatic hydroxyl groups excluding tert-OH is 1. The zero-order valence-corrected chi connectivity index (χ0v) is 34.9. The monoisotopic (exact) mass is 866 g/mol. The number of hydrogen-bond acceptors (Lipinski definition) is 5. The minimum Gasteiger partial charge on any atom is -0.512 e. The molecule has 3 aromatic carbocycles. The second-order valence-electron chi connectivity index (χ2n) is 15.6. The van der Waals surface area contributed by atoms with Gasteiger partial charge in [-0.1, -0.05) is 117 Å². The summed E-state index contributed by atoms with van der Waals surface area (Å²) in [7, 11) is 0. The van der Waals surface area contributed by atoms with Crippen LogP contribution in [-0.2, 0) is 36.7 Å². The van der Waals surface area contributed by atoms with Gasteiger partial charge in [0.25, 0.3) is 0 Å². The molecule has 0 aliphatic rings. The van der Waals surface area contributed by atoms with Gasteiger partial charge in [-0.15, -0.1) is 29.1 Å². The van der Waals surface area contributed by atoms with Gasteiger partial charge in [0.2, 0.25) is 0 Å². The van der Waals surface area contributed by atoms with Crippen LogP contribution in [0.15, 0.2) is 83.4 Å². The van der Waals surface area contributed by atoms with Gasteiger partial charge in [-0.3, -0.25) is 9.78 Å². The van der Waals surface area contributed by atoms with Crippen LogP contribution in [0.4, 0.5) is 0 Å². The predicted octanol–water partition coefficient (Wildman–Crippen LogP) is 12.7. The molecule has 0 saturated heterocycles. The molecule has 0 bridgehead atoms. The molecule has 5 aromatic rings. The Morgan fingerprint density at radius 1 is 0.863 bits per heavy atom. The summed E-state index contributed by atoms with van der Waals surface area (Å²) >= 11 is 0. The third-order valence-corrected chi connectivity index (χ3v) is 10.7. The minimum absolute atomic E-state index is 0. The van der Waals surface area contributed by atoms with Crippen molar-refractivity contribution >= 4 is 27.5 Å². The number of carbonyl (C=O) groups excluding carboxylic acids is 1. The Morgan fingerprint density at radius 3 is 2.10 bits per heavy atom. The van der Waals surface area contributed by atoms with Crippen LogP contribution in [0.1, 0.15) is 113 Å². The van der Waals surface area contributed by atoms with E-state index in [4.69, 9.17) is 4.42 Å². The molecule has 2 aromatic heterocycles. The Labute approximate surface area is 319 Å². The van der Waals surface area contributed by atoms with E-state index in [-0.39, 0.29) is 47.9 Å². The van der Waals surface area contributed by atoms with E-state index in [0.29, 0.717) is 5.92 Å². The van der Waals surface area contributed by atoms with E-state index in [1.807, 2.05) is 59.9 Å². The summed E-state index contributed by atoms with van der Waals surface area (Å²) in [5, 5.41) is 13.6. The molecule has 1 N–H and O–H groups in total. The van der Waals surface area contributed by atoms with E-state index in [1.165, 1.54) is 22.6 Å². The normalized spacial score (nSPS) is 12.5. The van der Waals surface area contributed by atoms with E-state index < -0.39 is 0 Å². The Hall–Kier alpha value is -3.60. The number of benzene rings is 3. The third kappa shape index (κ3) is 9.45. The molecule has 0 aliphatic carbocycles. The SMILES string of the molecule is CC(C)Cc1coc2cccc(-c3cc(-c4[c-]c5ccccc5c(C(C)(C)C)c4)ncn3)c12.CCC(C)(CC)C(=O)/C=C(\O)C(C)(CC)CC.[Ir]. The molecule has 5 nitrogen and oxygen atoms in total. The maximum atomic E-state index is 12.2. The number of hydrogen-bond donors (Lipinski definition) is 1. The summed E-state index contributed by atoms with van der Waals surface area (Å²) in [5.41, 5.74) is 6.67. The fraction of sp³-hybridized carbons (Fsp3) is 0.444. The maximum Gasteiger partial charge on any atom is 0.164 e. The molecular weight excluding hydrogens is 809 g/mol. The summed E-state index contributed by atoms with van der Waals surface area (Å²) in [4.78, 5) is 21.5. The number of carbonyl (C=O) groups is 1. The van der Waals surface area contributed by atoms with Gasteiger partial charge in [0.1, 0.15) is 17.7 Å². The standard InChI is InChI=1S/C30H29N2O.C15H28O2.Ir/c1-19(2)13-22-17-33-28-12-8-11-24(29(22)28)27-16-26(31-18-32-27)21-14-20-9-6-7-10-23(20)25(15-21)30(3,4)5;1-7-14(5,8-2)12(16)11-13(17)15(6,9-3)10-4;/h6-12,15-19H,13H2,1-5H3;11,16H,7-10H2,1-6H3;/q-1;;/b;12-11-;. The Kier molecular flexibility index (Phi) is 14.2. The number of furan rings is 1. The smallest absolute Gasteiger partial charge is 0.164 e. The van der Waals surface area contributed by atoms with Crippen LogP contribution in [0.5, 0.6) is 0 Å². The van der Waals surface area contributed by atoms with Crippen LogP contribution < -0.4 is 0 Å². The first-order valence-electron chi connectivity index (χ1n) is 18.3. The van der Waals surface area contributed by atoms with Gasteiger partial charge in [0, 0.05) is 53.7 Å². The molecule has 0 unspecified atom stereocenters. The van der Waals surface area contributed by atoms with Crippen molar-refractivity contribution in [1.29, 1.82) is 0 Å². The number of allylic oxidation sites excluding steroid dienone is 2. The molecule has 1 radical (unpaired) electrons. The van der Waals surface area contributed by atoms with Crippen molar-refractivity contribution in [3.05, 3.63) is 96.2 Å². The van der Waals surface area contributed by atoms with E-state index in [1.54, 1.807) is 6.33 Å². The minimum atomic E-state index is -0.337. The molecule has 5 rings (SSSR count). The van der Waals surface area contributed by atoms with Gasteiger partial charge < -0.3 is 9.52 Å². The number of nitrogens with zero attached hydrogens (tertiary/aromatic N) is 2. The second kappa shape index (κ2) is 17.3. The Morgan fingerprint density at radius 2 is 1.49 bits per heavy atom. The van der Waals surface area contributed by atoms with Crippen molar-refractivity contribution in [2.24, 2.45) is 16.7 Å². The first-order valence-corrected chi connectivity index (χ1v) is 18.3. The molecule has 0 atom stereocenters. The zero-order chi connectivity index (χ0) is 36.9. The van der Waals surface area contributed by atoms with Gasteiger partial charge in [-0.25, -0.2) is 4.98 Å². The van der Waals surface area contributed by atoms with Crippen LogP contribution in [0.3, 0.4) is 0 Å². The fourth-order valence-corrected chi connectivity index (χ4v) is 6.28.